The topological polar surface area (TPSA) is 121 Å². The first kappa shape index (κ1) is 25.9. The molecule has 6 N–H and O–H groups in total. The van der Waals surface area contributed by atoms with Gasteiger partial charge in [-0.1, -0.05) is 18.2 Å². The number of aliphatic hydroxyl groups excluding tert-OH is 4. The molecule has 0 aliphatic heterocycles. The van der Waals surface area contributed by atoms with Crippen LogP contribution in [0, 0.1) is 23.3 Å². The first-order chi connectivity index (χ1) is 14.9. The second-order valence-electron chi connectivity index (χ2n) is 7.54. The van der Waals surface area contributed by atoms with Crippen LogP contribution in [0.5, 0.6) is 0 Å². The third-order valence-electron chi connectivity index (χ3n) is 5.41. The summed E-state index contributed by atoms with van der Waals surface area (Å²) in [6.07, 6.45) is -8.74. The Morgan fingerprint density at radius 2 is 1.22 bits per heavy atom. The monoisotopic (exact) mass is 460 g/mol. The van der Waals surface area contributed by atoms with Gasteiger partial charge in [-0.25, -0.2) is 17.6 Å². The summed E-state index contributed by atoms with van der Waals surface area (Å²) in [7, 11) is 0. The van der Waals surface area contributed by atoms with E-state index >= 15 is 0 Å². The third kappa shape index (κ3) is 5.01. The van der Waals surface area contributed by atoms with Gasteiger partial charge >= 0.3 is 0 Å². The van der Waals surface area contributed by atoms with Crippen LogP contribution < -0.4 is 0 Å². The van der Waals surface area contributed by atoms with Crippen molar-refractivity contribution in [3.05, 3.63) is 83.4 Å². The van der Waals surface area contributed by atoms with Gasteiger partial charge in [-0.2, -0.15) is 0 Å². The highest BCUT2D eigenvalue weighted by molar-refractivity contribution is 5.28. The predicted molar refractivity (Wildman–Crippen MR) is 105 cm³/mol. The van der Waals surface area contributed by atoms with E-state index in [4.69, 9.17) is 5.11 Å². The normalized spacial score (nSPS) is 18.3. The van der Waals surface area contributed by atoms with Crippen LogP contribution in [0.3, 0.4) is 0 Å². The van der Waals surface area contributed by atoms with Gasteiger partial charge in [0.1, 0.15) is 52.8 Å². The van der Waals surface area contributed by atoms with E-state index in [0.717, 1.165) is 36.4 Å². The van der Waals surface area contributed by atoms with Crippen molar-refractivity contribution < 1.29 is 48.2 Å². The Hall–Kier alpha value is -2.34. The average molecular weight is 460 g/mol. The molecule has 10 heteroatoms. The summed E-state index contributed by atoms with van der Waals surface area (Å²) in [4.78, 5) is 0. The van der Waals surface area contributed by atoms with Gasteiger partial charge < -0.3 is 30.6 Å². The second kappa shape index (κ2) is 10.1. The summed E-state index contributed by atoms with van der Waals surface area (Å²) >= 11 is 0. The van der Waals surface area contributed by atoms with E-state index in [1.165, 1.54) is 0 Å². The minimum absolute atomic E-state index is 0.629. The van der Waals surface area contributed by atoms with Crippen molar-refractivity contribution in [1.29, 1.82) is 0 Å². The lowest BCUT2D eigenvalue weighted by Gasteiger charge is -2.45. The number of hydrogen-bond acceptors (Lipinski definition) is 6. The molecule has 32 heavy (non-hydrogen) atoms. The van der Waals surface area contributed by atoms with E-state index in [2.05, 4.69) is 6.58 Å². The summed E-state index contributed by atoms with van der Waals surface area (Å²) < 4.78 is 56.7. The molecule has 0 aliphatic carbocycles. The molecule has 0 aliphatic rings. The Kier molecular flexibility index (Phi) is 8.16. The molecule has 0 amide bonds. The molecular weight excluding hydrogens is 436 g/mol. The number of benzene rings is 2. The molecular formula is C22H24F4O6. The molecule has 176 valence electrons. The Labute approximate surface area is 181 Å². The molecule has 0 bridgehead atoms. The molecule has 2 aromatic carbocycles. The van der Waals surface area contributed by atoms with E-state index < -0.39 is 83.4 Å². The van der Waals surface area contributed by atoms with Gasteiger partial charge in [-0.05, 0) is 24.3 Å². The lowest BCUT2D eigenvalue weighted by atomic mass is 9.73. The highest BCUT2D eigenvalue weighted by atomic mass is 19.1. The van der Waals surface area contributed by atoms with Crippen molar-refractivity contribution in [3.8, 4) is 0 Å². The molecule has 6 nitrogen and oxygen atoms in total. The van der Waals surface area contributed by atoms with Crippen LogP contribution in [0.15, 0.2) is 49.1 Å². The van der Waals surface area contributed by atoms with Gasteiger partial charge in [-0.3, -0.25) is 0 Å². The van der Waals surface area contributed by atoms with Crippen molar-refractivity contribution in [1.82, 2.24) is 0 Å². The molecule has 1 unspecified atom stereocenters. The zero-order valence-electron chi connectivity index (χ0n) is 16.8. The first-order valence-corrected chi connectivity index (χ1v) is 9.50. The molecule has 0 fully saturated rings. The van der Waals surface area contributed by atoms with Gasteiger partial charge in [-0.15, -0.1) is 6.58 Å². The number of hydrogen-bond donors (Lipinski definition) is 6. The van der Waals surface area contributed by atoms with Crippen molar-refractivity contribution in [2.45, 2.75) is 42.4 Å². The van der Waals surface area contributed by atoms with Crippen molar-refractivity contribution >= 4 is 0 Å². The largest absolute Gasteiger partial charge is 0.394 e. The minimum atomic E-state index is -3.12. The second-order valence-corrected chi connectivity index (χ2v) is 7.54. The molecule has 0 saturated carbocycles. The fourth-order valence-electron chi connectivity index (χ4n) is 3.48. The average Bonchev–Trinajstić information content (AvgIpc) is 2.77. The van der Waals surface area contributed by atoms with E-state index in [-0.39, 0.29) is 0 Å². The van der Waals surface area contributed by atoms with Crippen molar-refractivity contribution in [3.63, 3.8) is 0 Å². The van der Waals surface area contributed by atoms with Crippen LogP contribution in [0.25, 0.3) is 0 Å². The van der Waals surface area contributed by atoms with Crippen molar-refractivity contribution in [2.24, 2.45) is 0 Å². The van der Waals surface area contributed by atoms with Crippen LogP contribution in [0.4, 0.5) is 17.6 Å². The first-order valence-electron chi connectivity index (χ1n) is 9.50. The Bertz CT molecular complexity index is 918. The maximum absolute atomic E-state index is 14.2. The summed E-state index contributed by atoms with van der Waals surface area (Å²) in [5.41, 5.74) is -7.39. The van der Waals surface area contributed by atoms with E-state index in [9.17, 15) is 43.1 Å². The Balaban J connectivity index is 2.59. The quantitative estimate of drug-likeness (QED) is 0.230. The van der Waals surface area contributed by atoms with Gasteiger partial charge in [0.05, 0.1) is 6.61 Å². The molecule has 0 spiro atoms. The number of aliphatic hydroxyl groups is 6. The molecule has 2 aromatic rings. The number of rotatable bonds is 10. The molecule has 0 heterocycles. The van der Waals surface area contributed by atoms with Crippen LogP contribution in [0.2, 0.25) is 0 Å². The van der Waals surface area contributed by atoms with E-state index in [1.807, 2.05) is 0 Å². The predicted octanol–water partition coefficient (Wildman–Crippen LogP) is 0.751. The highest BCUT2D eigenvalue weighted by Gasteiger charge is 2.54. The molecule has 0 aromatic heterocycles. The lowest BCUT2D eigenvalue weighted by Crippen LogP contribution is -2.66. The van der Waals surface area contributed by atoms with Gasteiger partial charge in [0, 0.05) is 24.0 Å². The number of halogens is 4. The van der Waals surface area contributed by atoms with Crippen LogP contribution in [0.1, 0.15) is 11.1 Å². The summed E-state index contributed by atoms with van der Waals surface area (Å²) in [5.74, 6) is -4.55. The fourth-order valence-corrected chi connectivity index (χ4v) is 3.48. The highest BCUT2D eigenvalue weighted by Crippen LogP contribution is 2.35. The lowest BCUT2D eigenvalue weighted by molar-refractivity contribution is -0.218. The Morgan fingerprint density at radius 1 is 0.812 bits per heavy atom. The standard InChI is InChI=1S/C22H24F4O6/c1-2-21(31,9-12-14(23)5-3-6-15(12)24)20(30)22(32,19(29)18(28)11-27)10-13-16(25)7-4-8-17(13)26/h2-8,18-20,27-32H,1,9-11H2/t18-,19+,20+,21?,22+/m0/s1. The van der Waals surface area contributed by atoms with Crippen LogP contribution >= 0.6 is 0 Å². The summed E-state index contributed by atoms with van der Waals surface area (Å²) in [6.45, 7) is 2.15. The zero-order valence-corrected chi connectivity index (χ0v) is 16.8. The smallest absolute Gasteiger partial charge is 0.129 e. The zero-order chi connectivity index (χ0) is 24.3. The fraction of sp³-hybridized carbons (Fsp3) is 0.364. The maximum atomic E-state index is 14.2. The van der Waals surface area contributed by atoms with Crippen LogP contribution in [-0.2, 0) is 12.8 Å². The maximum Gasteiger partial charge on any atom is 0.129 e. The molecule has 0 saturated heterocycles. The molecule has 5 atom stereocenters. The van der Waals surface area contributed by atoms with E-state index in [0.29, 0.717) is 6.08 Å². The van der Waals surface area contributed by atoms with Crippen LogP contribution in [-0.4, -0.2) is 66.8 Å². The summed E-state index contributed by atoms with van der Waals surface area (Å²) in [5, 5.41) is 62.4. The van der Waals surface area contributed by atoms with Crippen molar-refractivity contribution in [2.75, 3.05) is 6.61 Å². The summed E-state index contributed by atoms with van der Waals surface area (Å²) in [6, 6.07) is 5.47. The Morgan fingerprint density at radius 3 is 1.59 bits per heavy atom. The van der Waals surface area contributed by atoms with E-state index in [1.54, 1.807) is 0 Å². The van der Waals surface area contributed by atoms with Gasteiger partial charge in [0.25, 0.3) is 0 Å². The molecule has 0 radical (unpaired) electrons. The van der Waals surface area contributed by atoms with Gasteiger partial charge in [0.15, 0.2) is 0 Å². The van der Waals surface area contributed by atoms with Gasteiger partial charge in [0.2, 0.25) is 0 Å². The SMILES string of the molecule is C=CC(O)(Cc1c(F)cccc1F)[C@@H](O)[C@@](O)(Cc1c(F)cccc1F)[C@H](O)[C@@H](O)CO. The molecule has 2 rings (SSSR count). The minimum Gasteiger partial charge on any atom is -0.394 e. The third-order valence-corrected chi connectivity index (χ3v) is 5.41.